The average molecular weight is 302 g/mol. The maximum Gasteiger partial charge on any atom is 0.237 e. The third-order valence-electron chi connectivity index (χ3n) is 4.94. The third kappa shape index (κ3) is 4.84. The Bertz CT molecular complexity index is 452. The molecule has 3 heteroatoms. The van der Waals surface area contributed by atoms with E-state index in [9.17, 15) is 4.79 Å². The van der Waals surface area contributed by atoms with Gasteiger partial charge >= 0.3 is 0 Å². The molecule has 3 nitrogen and oxygen atoms in total. The van der Waals surface area contributed by atoms with Gasteiger partial charge in [0.2, 0.25) is 5.91 Å². The fraction of sp³-hybridized carbons (Fsp3) is 0.632. The lowest BCUT2D eigenvalue weighted by molar-refractivity contribution is -0.127. The number of nitrogens with zero attached hydrogens (tertiary/aromatic N) is 1. The van der Waals surface area contributed by atoms with Gasteiger partial charge in [0, 0.05) is 6.04 Å². The summed E-state index contributed by atoms with van der Waals surface area (Å²) >= 11 is 0. The van der Waals surface area contributed by atoms with E-state index in [1.165, 1.54) is 24.8 Å². The molecule has 22 heavy (non-hydrogen) atoms. The molecule has 1 saturated heterocycles. The maximum atomic E-state index is 12.2. The van der Waals surface area contributed by atoms with Crippen molar-refractivity contribution in [2.75, 3.05) is 13.1 Å². The Balaban J connectivity index is 1.77. The normalized spacial score (nSPS) is 19.6. The predicted octanol–water partition coefficient (Wildman–Crippen LogP) is 3.24. The molecule has 1 aromatic carbocycles. The van der Waals surface area contributed by atoms with E-state index < -0.39 is 0 Å². The van der Waals surface area contributed by atoms with Crippen LogP contribution in [0.2, 0.25) is 0 Å². The summed E-state index contributed by atoms with van der Waals surface area (Å²) in [5.41, 5.74) is 1.43. The lowest BCUT2D eigenvalue weighted by Gasteiger charge is -2.35. The average Bonchev–Trinajstić information content (AvgIpc) is 2.55. The zero-order valence-electron chi connectivity index (χ0n) is 14.2. The van der Waals surface area contributed by atoms with Crippen LogP contribution in [0, 0.1) is 5.92 Å². The highest BCUT2D eigenvalue weighted by Crippen LogP contribution is 2.22. The van der Waals surface area contributed by atoms with Crippen molar-refractivity contribution in [3.05, 3.63) is 35.9 Å². The Morgan fingerprint density at radius 1 is 1.23 bits per heavy atom. The Labute approximate surface area is 135 Å². The number of benzene rings is 1. The molecule has 0 saturated carbocycles. The molecule has 1 fully saturated rings. The predicted molar refractivity (Wildman–Crippen MR) is 91.8 cm³/mol. The van der Waals surface area contributed by atoms with Crippen LogP contribution in [0.3, 0.4) is 0 Å². The van der Waals surface area contributed by atoms with Crippen molar-refractivity contribution in [1.82, 2.24) is 10.2 Å². The molecule has 0 unspecified atom stereocenters. The van der Waals surface area contributed by atoms with E-state index in [1.807, 2.05) is 6.92 Å². The van der Waals surface area contributed by atoms with Crippen LogP contribution in [-0.2, 0) is 11.2 Å². The SMILES string of the molecule is CC[C@H](C)NC(=O)[C@@H](C)N1CCC(Cc2ccccc2)CC1. The molecule has 1 aliphatic heterocycles. The molecule has 0 radical (unpaired) electrons. The van der Waals surface area contributed by atoms with Crippen LogP contribution in [0.25, 0.3) is 0 Å². The topological polar surface area (TPSA) is 32.3 Å². The van der Waals surface area contributed by atoms with E-state index in [0.717, 1.165) is 25.4 Å². The minimum Gasteiger partial charge on any atom is -0.352 e. The molecule has 0 spiro atoms. The van der Waals surface area contributed by atoms with E-state index in [0.29, 0.717) is 0 Å². The molecule has 1 aromatic rings. The minimum atomic E-state index is -0.00771. The zero-order chi connectivity index (χ0) is 15.9. The second-order valence-electron chi connectivity index (χ2n) is 6.66. The van der Waals surface area contributed by atoms with Gasteiger partial charge in [-0.25, -0.2) is 0 Å². The van der Waals surface area contributed by atoms with Crippen molar-refractivity contribution in [3.63, 3.8) is 0 Å². The van der Waals surface area contributed by atoms with Crippen LogP contribution >= 0.6 is 0 Å². The number of likely N-dealkylation sites (tertiary alicyclic amines) is 1. The van der Waals surface area contributed by atoms with Crippen molar-refractivity contribution < 1.29 is 4.79 Å². The van der Waals surface area contributed by atoms with Gasteiger partial charge in [-0.15, -0.1) is 0 Å². The first-order chi connectivity index (χ1) is 10.6. The van der Waals surface area contributed by atoms with Crippen LogP contribution < -0.4 is 5.32 Å². The van der Waals surface area contributed by atoms with Gasteiger partial charge in [0.1, 0.15) is 0 Å². The molecule has 2 atom stereocenters. The van der Waals surface area contributed by atoms with Crippen molar-refractivity contribution in [2.45, 2.75) is 58.5 Å². The summed E-state index contributed by atoms with van der Waals surface area (Å²) in [7, 11) is 0. The molecule has 122 valence electrons. The fourth-order valence-corrected chi connectivity index (χ4v) is 3.12. The quantitative estimate of drug-likeness (QED) is 0.875. The number of piperidine rings is 1. The van der Waals surface area contributed by atoms with Crippen molar-refractivity contribution >= 4 is 5.91 Å². The van der Waals surface area contributed by atoms with E-state index in [2.05, 4.69) is 54.4 Å². The summed E-state index contributed by atoms with van der Waals surface area (Å²) in [6.07, 6.45) is 4.53. The van der Waals surface area contributed by atoms with Gasteiger partial charge in [0.15, 0.2) is 0 Å². The summed E-state index contributed by atoms with van der Waals surface area (Å²) < 4.78 is 0. The number of amides is 1. The molecule has 1 aliphatic rings. The Morgan fingerprint density at radius 3 is 2.45 bits per heavy atom. The van der Waals surface area contributed by atoms with Gasteiger partial charge in [-0.05, 0) is 64.1 Å². The Hall–Kier alpha value is -1.35. The maximum absolute atomic E-state index is 12.2. The van der Waals surface area contributed by atoms with E-state index >= 15 is 0 Å². The molecule has 1 N–H and O–H groups in total. The first-order valence-electron chi connectivity index (χ1n) is 8.68. The highest BCUT2D eigenvalue weighted by molar-refractivity contribution is 5.81. The van der Waals surface area contributed by atoms with Crippen LogP contribution in [0.1, 0.15) is 45.6 Å². The van der Waals surface area contributed by atoms with Gasteiger partial charge in [0.05, 0.1) is 6.04 Å². The molecule has 0 bridgehead atoms. The lowest BCUT2D eigenvalue weighted by Crippen LogP contribution is -2.50. The monoisotopic (exact) mass is 302 g/mol. The second kappa shape index (κ2) is 8.33. The Morgan fingerprint density at radius 2 is 1.86 bits per heavy atom. The van der Waals surface area contributed by atoms with Crippen LogP contribution in [0.5, 0.6) is 0 Å². The summed E-state index contributed by atoms with van der Waals surface area (Å²) in [6, 6.07) is 11.0. The van der Waals surface area contributed by atoms with E-state index in [1.54, 1.807) is 0 Å². The molecule has 0 aliphatic carbocycles. The largest absolute Gasteiger partial charge is 0.352 e. The Kier molecular flexibility index (Phi) is 6.44. The molecule has 1 heterocycles. The number of hydrogen-bond donors (Lipinski definition) is 1. The van der Waals surface area contributed by atoms with Gasteiger partial charge < -0.3 is 5.32 Å². The molecular formula is C19H30N2O. The van der Waals surface area contributed by atoms with Crippen LogP contribution in [-0.4, -0.2) is 36.0 Å². The molecular weight excluding hydrogens is 272 g/mol. The first kappa shape index (κ1) is 17.0. The number of rotatable bonds is 6. The number of carbonyl (C=O) groups excluding carboxylic acids is 1. The van der Waals surface area contributed by atoms with Crippen molar-refractivity contribution in [3.8, 4) is 0 Å². The highest BCUT2D eigenvalue weighted by Gasteiger charge is 2.26. The lowest BCUT2D eigenvalue weighted by atomic mass is 9.89. The second-order valence-corrected chi connectivity index (χ2v) is 6.66. The fourth-order valence-electron chi connectivity index (χ4n) is 3.12. The van der Waals surface area contributed by atoms with Crippen molar-refractivity contribution in [1.29, 1.82) is 0 Å². The van der Waals surface area contributed by atoms with Crippen LogP contribution in [0.15, 0.2) is 30.3 Å². The molecule has 2 rings (SSSR count). The standard InChI is InChI=1S/C19H30N2O/c1-4-15(2)20-19(22)16(3)21-12-10-18(11-13-21)14-17-8-6-5-7-9-17/h5-9,15-16,18H,4,10-14H2,1-3H3,(H,20,22)/t15-,16+/m0/s1. The minimum absolute atomic E-state index is 0.00771. The molecule has 1 amide bonds. The highest BCUT2D eigenvalue weighted by atomic mass is 16.2. The van der Waals surface area contributed by atoms with Crippen LogP contribution in [0.4, 0.5) is 0 Å². The summed E-state index contributed by atoms with van der Waals surface area (Å²) in [4.78, 5) is 14.6. The third-order valence-corrected chi connectivity index (χ3v) is 4.94. The number of carbonyl (C=O) groups is 1. The summed E-state index contributed by atoms with van der Waals surface area (Å²) in [5, 5.41) is 3.10. The number of nitrogens with one attached hydrogen (secondary N) is 1. The smallest absolute Gasteiger partial charge is 0.237 e. The van der Waals surface area contributed by atoms with Crippen molar-refractivity contribution in [2.24, 2.45) is 5.92 Å². The van der Waals surface area contributed by atoms with E-state index in [4.69, 9.17) is 0 Å². The summed E-state index contributed by atoms with van der Waals surface area (Å²) in [5.74, 6) is 0.930. The van der Waals surface area contributed by atoms with Gasteiger partial charge in [-0.1, -0.05) is 37.3 Å². The van der Waals surface area contributed by atoms with Gasteiger partial charge in [-0.2, -0.15) is 0 Å². The summed E-state index contributed by atoms with van der Waals surface area (Å²) in [6.45, 7) is 8.27. The zero-order valence-corrected chi connectivity index (χ0v) is 14.2. The number of hydrogen-bond acceptors (Lipinski definition) is 2. The van der Waals surface area contributed by atoms with Gasteiger partial charge in [0.25, 0.3) is 0 Å². The van der Waals surface area contributed by atoms with E-state index in [-0.39, 0.29) is 18.0 Å². The van der Waals surface area contributed by atoms with Gasteiger partial charge in [-0.3, -0.25) is 9.69 Å². The molecule has 0 aromatic heterocycles. The first-order valence-corrected chi connectivity index (χ1v) is 8.68.